The highest BCUT2D eigenvalue weighted by molar-refractivity contribution is 7.10. The number of likely N-dealkylation sites (tertiary alicyclic amines) is 1. The van der Waals surface area contributed by atoms with Crippen molar-refractivity contribution in [3.05, 3.63) is 68.1 Å². The molecule has 46 heavy (non-hydrogen) atoms. The van der Waals surface area contributed by atoms with Crippen LogP contribution in [0.5, 0.6) is 0 Å². The van der Waals surface area contributed by atoms with Gasteiger partial charge in [0.1, 0.15) is 21.4 Å². The van der Waals surface area contributed by atoms with Gasteiger partial charge in [-0.25, -0.2) is 9.97 Å². The Bertz CT molecular complexity index is 1490. The Morgan fingerprint density at radius 1 is 0.913 bits per heavy atom. The maximum Gasteiger partial charge on any atom is 0.271 e. The molecule has 1 aromatic carbocycles. The molecular weight excluding hydrogens is 623 g/mol. The van der Waals surface area contributed by atoms with Crippen molar-refractivity contribution in [3.63, 3.8) is 0 Å². The van der Waals surface area contributed by atoms with Gasteiger partial charge in [-0.15, -0.1) is 22.7 Å². The van der Waals surface area contributed by atoms with E-state index in [0.29, 0.717) is 42.4 Å². The van der Waals surface area contributed by atoms with Gasteiger partial charge in [-0.2, -0.15) is 0 Å². The zero-order chi connectivity index (χ0) is 32.5. The molecule has 2 aromatic heterocycles. The van der Waals surface area contributed by atoms with Crippen LogP contribution in [0.1, 0.15) is 94.6 Å². The standard InChI is InChI=1S/C33H43N7O4S2/c1-22(2)29-33-37-25(20-46-33)30(43)34-13-9-17-40(28(42)12-8-16-39-14-6-7-15-39)19-27(41)35-24(18-23-10-4-3-5-11-23)32-36-26(21-45-32)31(44)38-29/h3-5,10-11,20-22,24,29H,6-9,12-19H2,1-2H3,(H,34,43)(H,35,41)(H,38,44)/t24-,29-/m0/s1. The minimum Gasteiger partial charge on any atom is -0.351 e. The number of nitrogens with zero attached hydrogens (tertiary/aromatic N) is 4. The fourth-order valence-electron chi connectivity index (χ4n) is 5.75. The lowest BCUT2D eigenvalue weighted by molar-refractivity contribution is -0.136. The van der Waals surface area contributed by atoms with Crippen molar-refractivity contribution in [2.24, 2.45) is 5.92 Å². The van der Waals surface area contributed by atoms with Crippen LogP contribution in [0, 0.1) is 5.92 Å². The first kappa shape index (κ1) is 33.7. The molecule has 2 aliphatic heterocycles. The Balaban J connectivity index is 1.38. The van der Waals surface area contributed by atoms with Crippen LogP contribution in [0.25, 0.3) is 0 Å². The van der Waals surface area contributed by atoms with E-state index < -0.39 is 12.1 Å². The molecule has 0 spiro atoms. The molecule has 0 unspecified atom stereocenters. The second-order valence-electron chi connectivity index (χ2n) is 12.2. The quantitative estimate of drug-likeness (QED) is 0.348. The molecule has 4 bridgehead atoms. The second kappa shape index (κ2) is 16.2. The van der Waals surface area contributed by atoms with Gasteiger partial charge >= 0.3 is 0 Å². The van der Waals surface area contributed by atoms with Crippen molar-refractivity contribution < 1.29 is 19.2 Å². The summed E-state index contributed by atoms with van der Waals surface area (Å²) in [5, 5.41) is 13.7. The summed E-state index contributed by atoms with van der Waals surface area (Å²) in [6, 6.07) is 8.90. The number of thiazole rings is 2. The topological polar surface area (TPSA) is 137 Å². The van der Waals surface area contributed by atoms with Gasteiger partial charge in [-0.3, -0.25) is 19.2 Å². The monoisotopic (exact) mass is 665 g/mol. The molecule has 5 rings (SSSR count). The first-order chi connectivity index (χ1) is 22.3. The van der Waals surface area contributed by atoms with Gasteiger partial charge in [-0.05, 0) is 63.2 Å². The molecule has 1 saturated heterocycles. The van der Waals surface area contributed by atoms with E-state index in [0.717, 1.165) is 31.6 Å². The van der Waals surface area contributed by atoms with Crippen LogP contribution in [0.15, 0.2) is 41.1 Å². The van der Waals surface area contributed by atoms with Crippen LogP contribution in [-0.4, -0.2) is 82.7 Å². The molecular formula is C33H43N7O4S2. The van der Waals surface area contributed by atoms with Gasteiger partial charge in [0.15, 0.2) is 0 Å². The number of fused-ring (bicyclic) bond motifs is 4. The molecule has 0 radical (unpaired) electrons. The molecule has 2 atom stereocenters. The van der Waals surface area contributed by atoms with Crippen molar-refractivity contribution in [3.8, 4) is 0 Å². The highest BCUT2D eigenvalue weighted by Gasteiger charge is 2.27. The number of hydrogen-bond acceptors (Lipinski definition) is 9. The molecule has 13 heteroatoms. The van der Waals surface area contributed by atoms with Gasteiger partial charge in [0.25, 0.3) is 11.8 Å². The predicted molar refractivity (Wildman–Crippen MR) is 179 cm³/mol. The summed E-state index contributed by atoms with van der Waals surface area (Å²) in [6.07, 6.45) is 4.45. The van der Waals surface area contributed by atoms with E-state index in [1.807, 2.05) is 44.2 Å². The predicted octanol–water partition coefficient (Wildman–Crippen LogP) is 3.96. The summed E-state index contributed by atoms with van der Waals surface area (Å²) >= 11 is 2.65. The highest BCUT2D eigenvalue weighted by atomic mass is 32.1. The van der Waals surface area contributed by atoms with Gasteiger partial charge in [0.05, 0.1) is 18.6 Å². The maximum atomic E-state index is 13.5. The van der Waals surface area contributed by atoms with E-state index in [9.17, 15) is 19.2 Å². The summed E-state index contributed by atoms with van der Waals surface area (Å²) in [5.41, 5.74) is 1.55. The average Bonchev–Trinajstić information content (AvgIpc) is 3.83. The van der Waals surface area contributed by atoms with E-state index in [-0.39, 0.29) is 47.5 Å². The Hall–Kier alpha value is -3.68. The lowest BCUT2D eigenvalue weighted by atomic mass is 10.0. The number of rotatable bonds is 7. The van der Waals surface area contributed by atoms with Gasteiger partial charge < -0.3 is 25.8 Å². The van der Waals surface area contributed by atoms with E-state index in [1.165, 1.54) is 35.5 Å². The molecule has 2 aliphatic rings. The molecule has 0 aliphatic carbocycles. The van der Waals surface area contributed by atoms with Crippen LogP contribution in [0.2, 0.25) is 0 Å². The Morgan fingerprint density at radius 3 is 2.35 bits per heavy atom. The molecule has 0 saturated carbocycles. The lowest BCUT2D eigenvalue weighted by Gasteiger charge is -2.25. The number of nitrogens with one attached hydrogen (secondary N) is 3. The Labute approximate surface area is 278 Å². The molecule has 246 valence electrons. The van der Waals surface area contributed by atoms with Crippen molar-refractivity contribution >= 4 is 46.3 Å². The number of benzene rings is 1. The number of carbonyl (C=O) groups is 4. The number of amides is 4. The maximum absolute atomic E-state index is 13.5. The van der Waals surface area contributed by atoms with E-state index in [4.69, 9.17) is 0 Å². The fraction of sp³-hybridized carbons (Fsp3) is 0.515. The molecule has 3 N–H and O–H groups in total. The average molecular weight is 666 g/mol. The Morgan fingerprint density at radius 2 is 1.61 bits per heavy atom. The zero-order valence-corrected chi connectivity index (χ0v) is 28.1. The molecule has 4 amide bonds. The van der Waals surface area contributed by atoms with Gasteiger partial charge in [0.2, 0.25) is 11.8 Å². The SMILES string of the molecule is CC(C)[C@@H]1NC(=O)c2csc(n2)[C@H](Cc2ccccc2)NC(=O)CN(C(=O)CCCN2CCCC2)CCCNC(=O)c2csc1n2. The Kier molecular flexibility index (Phi) is 11.9. The zero-order valence-electron chi connectivity index (χ0n) is 26.5. The molecule has 4 heterocycles. The number of aromatic nitrogens is 2. The van der Waals surface area contributed by atoms with E-state index in [2.05, 4.69) is 30.8 Å². The largest absolute Gasteiger partial charge is 0.351 e. The summed E-state index contributed by atoms with van der Waals surface area (Å²) in [7, 11) is 0. The van der Waals surface area contributed by atoms with Crippen LogP contribution >= 0.6 is 22.7 Å². The van der Waals surface area contributed by atoms with Crippen molar-refractivity contribution in [1.29, 1.82) is 0 Å². The van der Waals surface area contributed by atoms with E-state index in [1.54, 1.807) is 15.7 Å². The van der Waals surface area contributed by atoms with Crippen LogP contribution < -0.4 is 16.0 Å². The van der Waals surface area contributed by atoms with Crippen LogP contribution in [-0.2, 0) is 16.0 Å². The van der Waals surface area contributed by atoms with E-state index >= 15 is 0 Å². The summed E-state index contributed by atoms with van der Waals surface area (Å²) in [4.78, 5) is 66.4. The minimum atomic E-state index is -0.489. The smallest absolute Gasteiger partial charge is 0.271 e. The third-order valence-corrected chi connectivity index (χ3v) is 10.2. The first-order valence-electron chi connectivity index (χ1n) is 16.1. The number of hydrogen-bond donors (Lipinski definition) is 3. The van der Waals surface area contributed by atoms with Crippen molar-refractivity contribution in [2.75, 3.05) is 39.3 Å². The third kappa shape index (κ3) is 9.20. The second-order valence-corrected chi connectivity index (χ2v) is 14.0. The molecule has 11 nitrogen and oxygen atoms in total. The highest BCUT2D eigenvalue weighted by Crippen LogP contribution is 2.27. The summed E-state index contributed by atoms with van der Waals surface area (Å²) < 4.78 is 0. The normalized spacial score (nSPS) is 20.4. The molecule has 1 fully saturated rings. The van der Waals surface area contributed by atoms with Crippen molar-refractivity contribution in [1.82, 2.24) is 35.7 Å². The minimum absolute atomic E-state index is 0.0159. The fourth-order valence-corrected chi connectivity index (χ4v) is 7.62. The number of carbonyl (C=O) groups excluding carboxylic acids is 4. The third-order valence-electron chi connectivity index (χ3n) is 8.29. The van der Waals surface area contributed by atoms with Crippen molar-refractivity contribution in [2.45, 2.75) is 64.5 Å². The lowest BCUT2D eigenvalue weighted by Crippen LogP contribution is -2.43. The summed E-state index contributed by atoms with van der Waals surface area (Å²) in [6.45, 7) is 7.53. The van der Waals surface area contributed by atoms with Gasteiger partial charge in [0, 0.05) is 30.3 Å². The molecule has 3 aromatic rings. The first-order valence-corrected chi connectivity index (χ1v) is 17.9. The van der Waals surface area contributed by atoms with Crippen LogP contribution in [0.4, 0.5) is 0 Å². The van der Waals surface area contributed by atoms with Gasteiger partial charge in [-0.1, -0.05) is 44.2 Å². The van der Waals surface area contributed by atoms with Crippen LogP contribution in [0.3, 0.4) is 0 Å². The summed E-state index contributed by atoms with van der Waals surface area (Å²) in [5.74, 6) is -1.03.